The maximum Gasteiger partial charge on any atom is 0.312 e. The summed E-state index contributed by atoms with van der Waals surface area (Å²) < 4.78 is 10.5. The lowest BCUT2D eigenvalue weighted by molar-refractivity contribution is -0.152. The number of hydrogen-bond donors (Lipinski definition) is 2. The van der Waals surface area contributed by atoms with Crippen LogP contribution in [0.3, 0.4) is 0 Å². The van der Waals surface area contributed by atoms with Gasteiger partial charge in [0, 0.05) is 24.8 Å². The summed E-state index contributed by atoms with van der Waals surface area (Å²) in [5, 5.41) is 12.1. The highest BCUT2D eigenvalue weighted by Crippen LogP contribution is 2.15. The molecule has 132 valence electrons. The van der Waals surface area contributed by atoms with E-state index >= 15 is 0 Å². The summed E-state index contributed by atoms with van der Waals surface area (Å²) in [4.78, 5) is 30.1. The number of methoxy groups -OCH3 is 1. The second-order valence-corrected chi connectivity index (χ2v) is 5.67. The van der Waals surface area contributed by atoms with Crippen LogP contribution in [0.25, 0.3) is 0 Å². The zero-order valence-electron chi connectivity index (χ0n) is 13.9. The molecule has 0 aromatic carbocycles. The Hall–Kier alpha value is -2.19. The lowest BCUT2D eigenvalue weighted by atomic mass is 10.1. The second-order valence-electron chi connectivity index (χ2n) is 5.67. The zero-order valence-corrected chi connectivity index (χ0v) is 13.9. The molecule has 0 aliphatic carbocycles. The number of morpholine rings is 1. The SMILES string of the molecule is COc1ncccc1CNC(=O)C(=O)N1CCOC[C@@H]1C[C@H](C)O. The molecule has 2 N–H and O–H groups in total. The van der Waals surface area contributed by atoms with Crippen molar-refractivity contribution >= 4 is 11.8 Å². The number of nitrogens with one attached hydrogen (secondary N) is 1. The summed E-state index contributed by atoms with van der Waals surface area (Å²) in [7, 11) is 1.49. The fourth-order valence-electron chi connectivity index (χ4n) is 2.64. The third kappa shape index (κ3) is 4.65. The molecule has 24 heavy (non-hydrogen) atoms. The van der Waals surface area contributed by atoms with Gasteiger partial charge in [-0.15, -0.1) is 0 Å². The van der Waals surface area contributed by atoms with Crippen LogP contribution in [0, 0.1) is 0 Å². The zero-order chi connectivity index (χ0) is 17.5. The van der Waals surface area contributed by atoms with Crippen LogP contribution in [0.1, 0.15) is 18.9 Å². The molecular weight excluding hydrogens is 314 g/mol. The standard InChI is InChI=1S/C16H23N3O5/c1-11(20)8-13-10-24-7-6-19(13)16(22)14(21)18-9-12-4-3-5-17-15(12)23-2/h3-5,11,13,20H,6-10H2,1-2H3,(H,18,21)/t11-,13-/m0/s1. The van der Waals surface area contributed by atoms with Crippen LogP contribution in [0.5, 0.6) is 5.88 Å². The van der Waals surface area contributed by atoms with Crippen LogP contribution in [0.15, 0.2) is 18.3 Å². The number of amides is 2. The molecule has 2 heterocycles. The van der Waals surface area contributed by atoms with E-state index in [-0.39, 0.29) is 12.6 Å². The Morgan fingerprint density at radius 1 is 1.58 bits per heavy atom. The molecule has 8 nitrogen and oxygen atoms in total. The smallest absolute Gasteiger partial charge is 0.312 e. The molecule has 1 fully saturated rings. The summed E-state index contributed by atoms with van der Waals surface area (Å²) in [6.45, 7) is 2.82. The van der Waals surface area contributed by atoms with Gasteiger partial charge in [-0.05, 0) is 19.4 Å². The molecule has 1 aliphatic heterocycles. The minimum atomic E-state index is -0.696. The highest BCUT2D eigenvalue weighted by molar-refractivity contribution is 6.35. The van der Waals surface area contributed by atoms with Gasteiger partial charge in [0.15, 0.2) is 0 Å². The van der Waals surface area contributed by atoms with Crippen LogP contribution in [0.2, 0.25) is 0 Å². The summed E-state index contributed by atoms with van der Waals surface area (Å²) in [6.07, 6.45) is 1.38. The Balaban J connectivity index is 1.96. The summed E-state index contributed by atoms with van der Waals surface area (Å²) in [6, 6.07) is 3.19. The number of carbonyl (C=O) groups excluding carboxylic acids is 2. The predicted molar refractivity (Wildman–Crippen MR) is 85.3 cm³/mol. The highest BCUT2D eigenvalue weighted by Gasteiger charge is 2.31. The van der Waals surface area contributed by atoms with Crippen LogP contribution >= 0.6 is 0 Å². The summed E-state index contributed by atoms with van der Waals surface area (Å²) in [5.74, 6) is -0.909. The van der Waals surface area contributed by atoms with E-state index < -0.39 is 17.9 Å². The van der Waals surface area contributed by atoms with Crippen molar-refractivity contribution < 1.29 is 24.2 Å². The number of hydrogen-bond acceptors (Lipinski definition) is 6. The molecule has 1 saturated heterocycles. The number of aliphatic hydroxyl groups excluding tert-OH is 1. The summed E-state index contributed by atoms with van der Waals surface area (Å²) >= 11 is 0. The molecule has 0 saturated carbocycles. The van der Waals surface area contributed by atoms with Gasteiger partial charge >= 0.3 is 11.8 Å². The first kappa shape index (κ1) is 18.2. The first-order valence-corrected chi connectivity index (χ1v) is 7.85. The second kappa shape index (κ2) is 8.60. The fraction of sp³-hybridized carbons (Fsp3) is 0.562. The largest absolute Gasteiger partial charge is 0.481 e. The normalized spacial score (nSPS) is 18.8. The maximum absolute atomic E-state index is 12.4. The Kier molecular flexibility index (Phi) is 6.51. The molecule has 0 unspecified atom stereocenters. The van der Waals surface area contributed by atoms with E-state index in [1.54, 1.807) is 25.3 Å². The Morgan fingerprint density at radius 2 is 2.38 bits per heavy atom. The topological polar surface area (TPSA) is 101 Å². The quantitative estimate of drug-likeness (QED) is 0.716. The molecule has 0 spiro atoms. The van der Waals surface area contributed by atoms with Crippen LogP contribution in [0.4, 0.5) is 0 Å². The first-order chi connectivity index (χ1) is 11.5. The van der Waals surface area contributed by atoms with Gasteiger partial charge in [0.25, 0.3) is 0 Å². The van der Waals surface area contributed by atoms with Gasteiger partial charge in [0.1, 0.15) is 0 Å². The van der Waals surface area contributed by atoms with Crippen molar-refractivity contribution in [1.82, 2.24) is 15.2 Å². The Bertz CT molecular complexity index is 579. The molecule has 8 heteroatoms. The van der Waals surface area contributed by atoms with Crippen molar-refractivity contribution in [2.24, 2.45) is 0 Å². The maximum atomic E-state index is 12.4. The van der Waals surface area contributed by atoms with Crippen LogP contribution in [-0.4, -0.2) is 65.8 Å². The van der Waals surface area contributed by atoms with Gasteiger partial charge in [-0.25, -0.2) is 4.98 Å². The van der Waals surface area contributed by atoms with E-state index in [1.807, 2.05) is 0 Å². The lowest BCUT2D eigenvalue weighted by Gasteiger charge is -2.35. The first-order valence-electron chi connectivity index (χ1n) is 7.85. The molecule has 2 rings (SSSR count). The number of aliphatic hydroxyl groups is 1. The van der Waals surface area contributed by atoms with Crippen molar-refractivity contribution in [3.05, 3.63) is 23.9 Å². The van der Waals surface area contributed by atoms with Crippen molar-refractivity contribution in [1.29, 1.82) is 0 Å². The lowest BCUT2D eigenvalue weighted by Crippen LogP contribution is -2.54. The van der Waals surface area contributed by atoms with E-state index in [9.17, 15) is 14.7 Å². The van der Waals surface area contributed by atoms with E-state index in [4.69, 9.17) is 9.47 Å². The Labute approximate surface area is 140 Å². The third-order valence-electron chi connectivity index (χ3n) is 3.78. The van der Waals surface area contributed by atoms with Gasteiger partial charge in [-0.2, -0.15) is 0 Å². The minimum absolute atomic E-state index is 0.146. The Morgan fingerprint density at radius 3 is 3.08 bits per heavy atom. The molecule has 2 atom stereocenters. The third-order valence-corrected chi connectivity index (χ3v) is 3.78. The number of carbonyl (C=O) groups is 2. The predicted octanol–water partition coefficient (Wildman–Crippen LogP) is -0.295. The van der Waals surface area contributed by atoms with Crippen molar-refractivity contribution in [2.45, 2.75) is 32.0 Å². The van der Waals surface area contributed by atoms with E-state index in [1.165, 1.54) is 12.0 Å². The monoisotopic (exact) mass is 337 g/mol. The minimum Gasteiger partial charge on any atom is -0.481 e. The average Bonchev–Trinajstić information content (AvgIpc) is 2.59. The van der Waals surface area contributed by atoms with Crippen molar-refractivity contribution in [3.8, 4) is 5.88 Å². The van der Waals surface area contributed by atoms with Gasteiger partial charge in [-0.1, -0.05) is 6.07 Å². The number of aromatic nitrogens is 1. The highest BCUT2D eigenvalue weighted by atomic mass is 16.5. The fourth-order valence-corrected chi connectivity index (χ4v) is 2.64. The van der Waals surface area contributed by atoms with Crippen molar-refractivity contribution in [2.75, 3.05) is 26.9 Å². The van der Waals surface area contributed by atoms with Crippen LogP contribution in [-0.2, 0) is 20.9 Å². The van der Waals surface area contributed by atoms with E-state index in [0.29, 0.717) is 37.6 Å². The van der Waals surface area contributed by atoms with Gasteiger partial charge in [0.2, 0.25) is 5.88 Å². The van der Waals surface area contributed by atoms with Gasteiger partial charge < -0.3 is 24.8 Å². The molecule has 0 bridgehead atoms. The number of nitrogens with zero attached hydrogens (tertiary/aromatic N) is 2. The molecule has 1 aromatic heterocycles. The molecule has 1 aromatic rings. The number of pyridine rings is 1. The van der Waals surface area contributed by atoms with Crippen molar-refractivity contribution in [3.63, 3.8) is 0 Å². The van der Waals surface area contributed by atoms with Crippen LogP contribution < -0.4 is 10.1 Å². The van der Waals surface area contributed by atoms with Gasteiger partial charge in [0.05, 0.1) is 32.5 Å². The average molecular weight is 337 g/mol. The molecule has 0 radical (unpaired) electrons. The summed E-state index contributed by atoms with van der Waals surface area (Å²) in [5.41, 5.74) is 0.684. The molecule has 2 amide bonds. The number of ether oxygens (including phenoxy) is 2. The van der Waals surface area contributed by atoms with Gasteiger partial charge in [-0.3, -0.25) is 9.59 Å². The molecular formula is C16H23N3O5. The van der Waals surface area contributed by atoms with E-state index in [2.05, 4.69) is 10.3 Å². The number of rotatable bonds is 5. The molecule has 1 aliphatic rings. The van der Waals surface area contributed by atoms with E-state index in [0.717, 1.165) is 0 Å².